The van der Waals surface area contributed by atoms with Crippen LogP contribution in [-0.4, -0.2) is 42.7 Å². The van der Waals surface area contributed by atoms with Crippen LogP contribution in [0.25, 0.3) is 0 Å². The molecule has 5 heteroatoms. The van der Waals surface area contributed by atoms with Gasteiger partial charge in [-0.3, -0.25) is 4.79 Å². The van der Waals surface area contributed by atoms with Crippen molar-refractivity contribution in [2.45, 2.75) is 12.5 Å². The van der Waals surface area contributed by atoms with E-state index < -0.39 is 6.10 Å². The highest BCUT2D eigenvalue weighted by atomic mass is 127. The largest absolute Gasteiger partial charge is 0.396 e. The highest BCUT2D eigenvalue weighted by Gasteiger charge is 2.19. The smallest absolute Gasteiger partial charge is 0.252 e. The first kappa shape index (κ1) is 11.1. The van der Waals surface area contributed by atoms with Crippen LogP contribution in [0.15, 0.2) is 0 Å². The lowest BCUT2D eigenvalue weighted by Gasteiger charge is -2.16. The fraction of sp³-hybridized carbons (Fsp3) is 0.833. The van der Waals surface area contributed by atoms with Crippen molar-refractivity contribution in [3.63, 3.8) is 0 Å². The van der Waals surface area contributed by atoms with E-state index in [4.69, 9.17) is 8.17 Å². The minimum Gasteiger partial charge on any atom is -0.396 e. The van der Waals surface area contributed by atoms with E-state index in [0.717, 1.165) is 0 Å². The molecule has 0 aromatic heterocycles. The third kappa shape index (κ3) is 3.88. The predicted molar refractivity (Wildman–Crippen MR) is 49.3 cm³/mol. The Morgan fingerprint density at radius 3 is 2.55 bits per heavy atom. The summed E-state index contributed by atoms with van der Waals surface area (Å²) < 4.78 is 4.83. The number of hydrogen-bond donors (Lipinski definition) is 1. The lowest BCUT2D eigenvalue weighted by molar-refractivity contribution is -0.135. The van der Waals surface area contributed by atoms with Gasteiger partial charge in [-0.05, 0) is 0 Å². The Morgan fingerprint density at radius 1 is 1.73 bits per heavy atom. The quantitative estimate of drug-likeness (QED) is 0.744. The second kappa shape index (κ2) is 5.73. The third-order valence-corrected chi connectivity index (χ3v) is 1.83. The third-order valence-electron chi connectivity index (χ3n) is 1.22. The molecular weight excluding hydrogens is 261 g/mol. The molecule has 1 atom stereocenters. The summed E-state index contributed by atoms with van der Waals surface area (Å²) in [6.07, 6.45) is -0.171. The molecule has 0 bridgehead atoms. The number of carbonyl (C=O) groups is 1. The van der Waals surface area contributed by atoms with Crippen LogP contribution in [-0.2, 0) is 7.86 Å². The second-order valence-electron chi connectivity index (χ2n) is 2.32. The molecule has 66 valence electrons. The molecule has 0 saturated carbocycles. The maximum absolute atomic E-state index is 11.1. The number of rotatable bonds is 4. The topological polar surface area (TPSA) is 49.8 Å². The van der Waals surface area contributed by atoms with Gasteiger partial charge < -0.3 is 13.1 Å². The normalized spacial score (nSPS) is 12.7. The zero-order valence-electron chi connectivity index (χ0n) is 6.58. The maximum atomic E-state index is 11.1. The Labute approximate surface area is 80.2 Å². The van der Waals surface area contributed by atoms with E-state index in [1.165, 1.54) is 4.90 Å². The van der Waals surface area contributed by atoms with Gasteiger partial charge in [0.15, 0.2) is 6.10 Å². The van der Waals surface area contributed by atoms with Gasteiger partial charge in [0.2, 0.25) is 0 Å². The van der Waals surface area contributed by atoms with Gasteiger partial charge in [0.1, 0.15) is 23.0 Å². The number of likely N-dealkylation sites (N-methyl/N-ethyl adjacent to an activating group) is 1. The Kier molecular flexibility index (Phi) is 5.79. The number of halogens is 1. The van der Waals surface area contributed by atoms with Crippen molar-refractivity contribution in [3.8, 4) is 0 Å². The summed E-state index contributed by atoms with van der Waals surface area (Å²) in [6.45, 7) is -0.0345. The van der Waals surface area contributed by atoms with E-state index in [1.807, 2.05) is 0 Å². The van der Waals surface area contributed by atoms with Crippen LogP contribution >= 0.6 is 23.0 Å². The summed E-state index contributed by atoms with van der Waals surface area (Å²) in [6, 6.07) is 0. The lowest BCUT2D eigenvalue weighted by Crippen LogP contribution is -2.34. The molecule has 0 aliphatic heterocycles. The molecule has 11 heavy (non-hydrogen) atoms. The highest BCUT2D eigenvalue weighted by molar-refractivity contribution is 14.1. The first-order chi connectivity index (χ1) is 5.13. The predicted octanol–water partition coefficient (Wildman–Crippen LogP) is 0.192. The van der Waals surface area contributed by atoms with Gasteiger partial charge in [-0.2, -0.15) is 0 Å². The summed E-state index contributed by atoms with van der Waals surface area (Å²) in [5.41, 5.74) is 0. The number of nitrogens with zero attached hydrogens (tertiary/aromatic N) is 1. The molecule has 0 rings (SSSR count). The number of carbonyl (C=O) groups excluding carboxylic acids is 1. The van der Waals surface area contributed by atoms with Crippen LogP contribution < -0.4 is 0 Å². The van der Waals surface area contributed by atoms with Crippen LogP contribution in [0.3, 0.4) is 0 Å². The van der Waals surface area contributed by atoms with Gasteiger partial charge in [-0.1, -0.05) is 0 Å². The van der Waals surface area contributed by atoms with Gasteiger partial charge >= 0.3 is 0 Å². The van der Waals surface area contributed by atoms with E-state index in [0.29, 0.717) is 6.42 Å². The Morgan fingerprint density at radius 2 is 2.27 bits per heavy atom. The molecule has 0 fully saturated rings. The van der Waals surface area contributed by atoms with Crippen LogP contribution in [0.2, 0.25) is 0 Å². The molecule has 0 saturated heterocycles. The Hall–Kier alpha value is 0.120. The minimum atomic E-state index is -0.518. The molecule has 0 aromatic rings. The van der Waals surface area contributed by atoms with Crippen molar-refractivity contribution in [1.29, 1.82) is 0 Å². The maximum Gasteiger partial charge on any atom is 0.252 e. The highest BCUT2D eigenvalue weighted by Crippen LogP contribution is 2.05. The summed E-state index contributed by atoms with van der Waals surface area (Å²) in [4.78, 5) is 12.6. The summed E-state index contributed by atoms with van der Waals surface area (Å²) in [7, 11) is 3.31. The van der Waals surface area contributed by atoms with Crippen molar-refractivity contribution in [3.05, 3.63) is 0 Å². The monoisotopic (exact) mass is 273 g/mol. The van der Waals surface area contributed by atoms with Crippen LogP contribution in [0.5, 0.6) is 0 Å². The van der Waals surface area contributed by atoms with Crippen LogP contribution in [0, 0.1) is 0 Å². The molecular formula is C6H12INO3. The number of aliphatic hydroxyl groups is 1. The summed E-state index contributed by atoms with van der Waals surface area (Å²) in [5, 5.41) is 8.54. The number of aliphatic hydroxyl groups excluding tert-OH is 1. The zero-order chi connectivity index (χ0) is 8.85. The fourth-order valence-corrected chi connectivity index (χ4v) is 1.08. The molecule has 0 aliphatic carbocycles. The Balaban J connectivity index is 3.92. The van der Waals surface area contributed by atoms with E-state index in [1.54, 1.807) is 37.1 Å². The van der Waals surface area contributed by atoms with Gasteiger partial charge in [-0.15, -0.1) is 0 Å². The molecule has 0 radical (unpaired) electrons. The number of amides is 1. The number of hydrogen-bond acceptors (Lipinski definition) is 3. The van der Waals surface area contributed by atoms with Crippen LogP contribution in [0.1, 0.15) is 6.42 Å². The van der Waals surface area contributed by atoms with Gasteiger partial charge in [-0.25, -0.2) is 0 Å². The van der Waals surface area contributed by atoms with E-state index in [-0.39, 0.29) is 12.5 Å². The van der Waals surface area contributed by atoms with E-state index in [9.17, 15) is 4.79 Å². The standard InChI is InChI=1S/C6H12INO3/c1-8(2)6(10)5(11-7)3-4-9/h5,9H,3-4H2,1-2H3. The molecule has 1 amide bonds. The Bertz CT molecular complexity index is 129. The molecule has 1 N–H and O–H groups in total. The lowest BCUT2D eigenvalue weighted by atomic mass is 10.2. The van der Waals surface area contributed by atoms with Crippen molar-refractivity contribution in [1.82, 2.24) is 4.90 Å². The first-order valence-corrected chi connectivity index (χ1v) is 4.11. The van der Waals surface area contributed by atoms with E-state index in [2.05, 4.69) is 0 Å². The zero-order valence-corrected chi connectivity index (χ0v) is 8.74. The molecule has 0 spiro atoms. The SMILES string of the molecule is CN(C)C(=O)C(CCO)OI. The molecule has 0 heterocycles. The minimum absolute atomic E-state index is 0.0345. The van der Waals surface area contributed by atoms with Gasteiger partial charge in [0, 0.05) is 27.1 Å². The van der Waals surface area contributed by atoms with Gasteiger partial charge in [0.05, 0.1) is 0 Å². The van der Waals surface area contributed by atoms with E-state index >= 15 is 0 Å². The average Bonchev–Trinajstić information content (AvgIpc) is 1.98. The molecule has 0 aliphatic rings. The van der Waals surface area contributed by atoms with Crippen LogP contribution in [0.4, 0.5) is 0 Å². The molecule has 1 unspecified atom stereocenters. The summed E-state index contributed by atoms with van der Waals surface area (Å²) >= 11 is 1.66. The fourth-order valence-electron chi connectivity index (χ4n) is 0.611. The van der Waals surface area contributed by atoms with Crippen molar-refractivity contribution < 1.29 is 13.0 Å². The molecule has 4 nitrogen and oxygen atoms in total. The summed E-state index contributed by atoms with van der Waals surface area (Å²) in [5.74, 6) is -0.117. The second-order valence-corrected chi connectivity index (χ2v) is 2.83. The van der Waals surface area contributed by atoms with Crippen molar-refractivity contribution in [2.75, 3.05) is 20.7 Å². The van der Waals surface area contributed by atoms with Gasteiger partial charge in [0.25, 0.3) is 5.91 Å². The van der Waals surface area contributed by atoms with Crippen molar-refractivity contribution in [2.24, 2.45) is 0 Å². The molecule has 0 aromatic carbocycles. The van der Waals surface area contributed by atoms with Crippen molar-refractivity contribution >= 4 is 28.9 Å². The first-order valence-electron chi connectivity index (χ1n) is 3.23. The average molecular weight is 273 g/mol.